The van der Waals surface area contributed by atoms with Gasteiger partial charge in [-0.05, 0) is 88.1 Å². The highest BCUT2D eigenvalue weighted by atomic mass is 32.1. The second-order valence-corrected chi connectivity index (χ2v) is 32.7. The van der Waals surface area contributed by atoms with Crippen molar-refractivity contribution >= 4 is 130 Å². The summed E-state index contributed by atoms with van der Waals surface area (Å²) in [5, 5.41) is 151. The zero-order valence-corrected chi connectivity index (χ0v) is 71.6. The van der Waals surface area contributed by atoms with E-state index in [-0.39, 0.29) is 62.0 Å². The van der Waals surface area contributed by atoms with Gasteiger partial charge in [-0.15, -0.1) is 0 Å². The molecule has 0 bridgehead atoms. The van der Waals surface area contributed by atoms with Crippen LogP contribution in [-0.2, 0) is 76.7 Å². The van der Waals surface area contributed by atoms with E-state index in [0.717, 1.165) is 37.8 Å². The van der Waals surface area contributed by atoms with Crippen molar-refractivity contribution in [3.8, 4) is 0 Å². The predicted molar refractivity (Wildman–Crippen MR) is 450 cm³/mol. The lowest BCUT2D eigenvalue weighted by molar-refractivity contribution is -0.142. The van der Waals surface area contributed by atoms with Crippen molar-refractivity contribution in [2.45, 2.75) is 260 Å². The number of fused-ring (bicyclic) bond motifs is 1. The third-order valence-electron chi connectivity index (χ3n) is 21.5. The number of carbonyl (C=O) groups excluding carboxylic acids is 14. The number of hydrogen-bond donors (Lipinski definition) is 24. The van der Waals surface area contributed by atoms with Gasteiger partial charge in [0.1, 0.15) is 67.1 Å². The van der Waals surface area contributed by atoms with Gasteiger partial charge < -0.3 is 135 Å². The normalized spacial score (nSPS) is 17.2. The van der Waals surface area contributed by atoms with Gasteiger partial charge in [-0.1, -0.05) is 77.5 Å². The number of urea groups is 1. The lowest BCUT2D eigenvalue weighted by Crippen LogP contribution is -2.56. The Morgan fingerprint density at radius 2 is 1.08 bits per heavy atom. The largest absolute Gasteiger partial charge is 0.481 e. The molecule has 704 valence electrons. The SMILES string of the molecule is CC(C)(C)C(=O)CN1C(=O)[C@@H](NC(=O)Nc2cccc(C(=O)NCCCCCCCC(=O)C[C@H](CCC(=O)O)C(=O)N[C@H](CCC(=O)NC[C@H](O)[C@@H](O)[C@H](O)[C@H](O)CO)C(=O)C[C@H](CCC(=O)O)C(=O)N[C@H](CCC(=O)NC[C@H](O)[C@@H](O)[C@H](O)[C@H](O)CO)C(=O)CCC(N)C(=O)N[C@@H](COC=O)C(=O)N[C@@H](CS)C(=O)O)c2)CN(C2CCCCC2)c2ccccc21. The number of hydrogen-bond acceptors (Lipinski definition) is 31. The molecule has 0 spiro atoms. The van der Waals surface area contributed by atoms with Crippen molar-refractivity contribution in [1.29, 1.82) is 0 Å². The molecule has 0 saturated heterocycles. The molecular weight excluding hydrogens is 1680 g/mol. The van der Waals surface area contributed by atoms with Crippen molar-refractivity contribution in [3.63, 3.8) is 0 Å². The van der Waals surface area contributed by atoms with Gasteiger partial charge in [0.25, 0.3) is 18.3 Å². The third kappa shape index (κ3) is 37.3. The number of nitrogens with zero attached hydrogens (tertiary/aromatic N) is 2. The van der Waals surface area contributed by atoms with Gasteiger partial charge in [-0.3, -0.25) is 71.9 Å². The number of unbranched alkanes of at least 4 members (excludes halogenated alkanes) is 4. The standard InChI is InChI=1S/C82H124N12O31S/c1-82(2,3)65(105)39-94-58-21-12-11-20-57(58)93(49-17-8-7-9-18-49)38-54(79(94)121)92-81(124)87-48-16-14-15-45(33-48)74(116)84-32-13-6-4-5-10-19-50(98)34-46(22-30-68(108)109)75(117)89-53(26-29-67(107)86-37-62(102)71(113)73(115)64(104)41-96)60(100)35-47(23-31-69(110)111)76(118)88-52(25-28-66(106)85-36-61(101)70(112)72(114)63(103)40-95)59(99)27-24-51(83)77(119)90-55(42-125-44-97)78(120)91-56(43-126)80(122)123/h11-12,14-16,20-21,33,44,46-47,49,51-56,61-64,70-73,95-96,101-104,112-115,126H,4-10,13,17-19,22-32,34-43,83H2,1-3H3,(H,84,116)(H,85,106)(H,86,107)(H,88,118)(H,89,117)(H,90,119)(H,91,120)(H,108,109)(H,110,111)(H,122,123)(H2,87,92,124)/t46-,47-,51?,52+,53+,54-,55-,56-,61-,62-,63+,64+,70+,71+,72+,73+/m0/s1. The van der Waals surface area contributed by atoms with E-state index in [2.05, 4.69) is 70.1 Å². The number of anilines is 3. The molecule has 0 aromatic heterocycles. The number of para-hydroxylation sites is 2. The summed E-state index contributed by atoms with van der Waals surface area (Å²) in [6, 6.07) is 3.05. The van der Waals surface area contributed by atoms with Crippen LogP contribution in [-0.4, -0.2) is 317 Å². The van der Waals surface area contributed by atoms with Crippen LogP contribution in [0.2, 0.25) is 0 Å². The lowest BCUT2D eigenvalue weighted by Gasteiger charge is -2.37. The maximum absolute atomic E-state index is 14.7. The number of amides is 10. The second-order valence-electron chi connectivity index (χ2n) is 32.3. The van der Waals surface area contributed by atoms with Crippen LogP contribution in [0.4, 0.5) is 21.9 Å². The van der Waals surface area contributed by atoms with Crippen LogP contribution in [0, 0.1) is 17.3 Å². The molecule has 1 saturated carbocycles. The Kier molecular flexibility index (Phi) is 47.5. The molecule has 10 amide bonds. The Balaban J connectivity index is 1.50. The molecule has 4 rings (SSSR count). The number of nitrogens with one attached hydrogen (secondary N) is 9. The molecule has 2 aromatic rings. The molecule has 1 fully saturated rings. The summed E-state index contributed by atoms with van der Waals surface area (Å²) in [4.78, 5) is 230. The van der Waals surface area contributed by atoms with Crippen LogP contribution < -0.4 is 63.4 Å². The highest BCUT2D eigenvalue weighted by Gasteiger charge is 2.42. The van der Waals surface area contributed by atoms with Crippen LogP contribution >= 0.6 is 12.6 Å². The van der Waals surface area contributed by atoms with E-state index >= 15 is 0 Å². The molecular formula is C82H124N12O31S. The topological polar surface area (TPSA) is 703 Å². The first-order valence-electron chi connectivity index (χ1n) is 41.8. The smallest absolute Gasteiger partial charge is 0.327 e. The predicted octanol–water partition coefficient (Wildman–Crippen LogP) is -3.60. The molecule has 2 aromatic carbocycles. The van der Waals surface area contributed by atoms with E-state index in [1.807, 2.05) is 12.1 Å². The average Bonchev–Trinajstić information content (AvgIpc) is 1.62. The molecule has 2 aliphatic rings. The number of carboxylic acid groups (broad SMARTS) is 3. The molecule has 1 aliphatic carbocycles. The minimum Gasteiger partial charge on any atom is -0.481 e. The number of aliphatic carboxylic acids is 3. The Labute approximate surface area is 732 Å². The molecule has 0 radical (unpaired) electrons. The minimum atomic E-state index is -2.15. The number of ether oxygens (including phenoxy) is 1. The summed E-state index contributed by atoms with van der Waals surface area (Å²) in [6.45, 7) is 0.762. The average molecular weight is 1810 g/mol. The van der Waals surface area contributed by atoms with E-state index in [4.69, 9.17) is 5.73 Å². The Morgan fingerprint density at radius 1 is 0.563 bits per heavy atom. The zero-order valence-electron chi connectivity index (χ0n) is 70.7. The van der Waals surface area contributed by atoms with Gasteiger partial charge in [-0.25, -0.2) is 9.59 Å². The van der Waals surface area contributed by atoms with Crippen LogP contribution in [0.1, 0.15) is 179 Å². The number of thiol groups is 1. The molecule has 1 heterocycles. The number of ketones is 4. The highest BCUT2D eigenvalue weighted by molar-refractivity contribution is 7.80. The number of nitrogens with two attached hydrogens (primary N) is 1. The third-order valence-corrected chi connectivity index (χ3v) is 21.8. The van der Waals surface area contributed by atoms with Crippen molar-refractivity contribution in [1.82, 2.24) is 42.5 Å². The quantitative estimate of drug-likeness (QED) is 0.0173. The zero-order chi connectivity index (χ0) is 94.1. The maximum atomic E-state index is 14.7. The van der Waals surface area contributed by atoms with Crippen LogP contribution in [0.3, 0.4) is 0 Å². The number of carboxylic acids is 3. The van der Waals surface area contributed by atoms with Crippen LogP contribution in [0.15, 0.2) is 48.5 Å². The van der Waals surface area contributed by atoms with E-state index in [9.17, 15) is 148 Å². The maximum Gasteiger partial charge on any atom is 0.327 e. The first kappa shape index (κ1) is 108. The number of rotatable bonds is 60. The van der Waals surface area contributed by atoms with Gasteiger partial charge in [0.2, 0.25) is 35.4 Å². The van der Waals surface area contributed by atoms with Gasteiger partial charge in [-0.2, -0.15) is 12.6 Å². The number of aliphatic hydroxyl groups excluding tert-OH is 10. The van der Waals surface area contributed by atoms with Crippen molar-refractivity contribution in [2.75, 3.05) is 73.4 Å². The van der Waals surface area contributed by atoms with Gasteiger partial charge in [0.15, 0.2) is 17.3 Å². The van der Waals surface area contributed by atoms with Crippen molar-refractivity contribution in [2.24, 2.45) is 23.0 Å². The van der Waals surface area contributed by atoms with E-state index in [1.54, 1.807) is 51.1 Å². The Hall–Kier alpha value is -10.3. The molecule has 1 aliphatic heterocycles. The van der Waals surface area contributed by atoms with E-state index in [1.165, 1.54) is 11.0 Å². The molecule has 43 nitrogen and oxygen atoms in total. The highest BCUT2D eigenvalue weighted by Crippen LogP contribution is 2.38. The summed E-state index contributed by atoms with van der Waals surface area (Å²) in [7, 11) is 0. The first-order valence-corrected chi connectivity index (χ1v) is 42.4. The second kappa shape index (κ2) is 55.4. The first-order chi connectivity index (χ1) is 59.5. The van der Waals surface area contributed by atoms with Crippen molar-refractivity contribution in [3.05, 3.63) is 54.1 Å². The van der Waals surface area contributed by atoms with Gasteiger partial charge >= 0.3 is 23.9 Å². The van der Waals surface area contributed by atoms with Crippen LogP contribution in [0.25, 0.3) is 0 Å². The molecule has 44 heteroatoms. The van der Waals surface area contributed by atoms with Crippen molar-refractivity contribution < 1.29 is 153 Å². The number of aliphatic hydroxyl groups is 10. The summed E-state index contributed by atoms with van der Waals surface area (Å²) in [5.41, 5.74) is 7.15. The summed E-state index contributed by atoms with van der Waals surface area (Å²) < 4.78 is 4.61. The molecule has 1 unspecified atom stereocenters. The summed E-state index contributed by atoms with van der Waals surface area (Å²) in [5.74, 6) is -18.7. The molecule has 24 N–H and O–H groups in total. The molecule has 16 atom stereocenters. The fourth-order valence-electron chi connectivity index (χ4n) is 13.8. The van der Waals surface area contributed by atoms with Crippen LogP contribution in [0.5, 0.6) is 0 Å². The Bertz CT molecular complexity index is 3980. The number of benzene rings is 2. The fourth-order valence-corrected chi connectivity index (χ4v) is 14.0. The van der Waals surface area contributed by atoms with E-state index < -0.39 is 307 Å². The van der Waals surface area contributed by atoms with E-state index in [0.29, 0.717) is 31.4 Å². The Morgan fingerprint density at radius 3 is 1.61 bits per heavy atom. The van der Waals surface area contributed by atoms with Gasteiger partial charge in [0.05, 0.1) is 61.5 Å². The number of Topliss-reactive ketones (excluding diaryl/α,β-unsaturated/α-hetero) is 4. The lowest BCUT2D eigenvalue weighted by atomic mass is 9.89. The number of carbonyl (C=O) groups is 17. The van der Waals surface area contributed by atoms with Gasteiger partial charge in [0, 0.05) is 118 Å². The monoisotopic (exact) mass is 1800 g/mol. The molecule has 126 heavy (non-hydrogen) atoms. The minimum absolute atomic E-state index is 0.0871. The fraction of sp³-hybridized carbons (Fsp3) is 0.646. The summed E-state index contributed by atoms with van der Waals surface area (Å²) >= 11 is 3.86. The summed E-state index contributed by atoms with van der Waals surface area (Å²) in [6.07, 6.45) is -18.1.